The van der Waals surface area contributed by atoms with E-state index < -0.39 is 5.97 Å². The lowest BCUT2D eigenvalue weighted by Gasteiger charge is -2.10. The van der Waals surface area contributed by atoms with Crippen molar-refractivity contribution >= 4 is 57.0 Å². The van der Waals surface area contributed by atoms with Crippen molar-refractivity contribution in [1.29, 1.82) is 0 Å². The second kappa shape index (κ2) is 8.97. The fourth-order valence-corrected chi connectivity index (χ4v) is 5.90. The zero-order valence-corrected chi connectivity index (χ0v) is 17.4. The summed E-state index contributed by atoms with van der Waals surface area (Å²) in [5, 5.41) is 2.72. The zero-order chi connectivity index (χ0) is 18.5. The Hall–Kier alpha value is -1.44. The van der Waals surface area contributed by atoms with Gasteiger partial charge in [-0.2, -0.15) is 0 Å². The van der Waals surface area contributed by atoms with Gasteiger partial charge in [0.25, 0.3) is 5.91 Å². The molecule has 2 aromatic rings. The van der Waals surface area contributed by atoms with Crippen LogP contribution in [0.5, 0.6) is 0 Å². The highest BCUT2D eigenvalue weighted by Gasteiger charge is 2.19. The molecule has 0 unspecified atom stereocenters. The largest absolute Gasteiger partial charge is 0.452 e. The summed E-state index contributed by atoms with van der Waals surface area (Å²) in [4.78, 5) is 24.1. The van der Waals surface area contributed by atoms with Crippen LogP contribution in [-0.2, 0) is 9.53 Å². The van der Waals surface area contributed by atoms with Crippen molar-refractivity contribution in [2.45, 2.75) is 11.5 Å². The number of hydrogen-bond acceptors (Lipinski definition) is 5. The number of ether oxygens (including phenoxy) is 1. The Morgan fingerprint density at radius 1 is 1.15 bits per heavy atom. The fraction of sp³-hybridized carbons (Fsp3) is 0.263. The summed E-state index contributed by atoms with van der Waals surface area (Å²) < 4.78 is 6.35. The molecule has 0 bridgehead atoms. The molecule has 4 nitrogen and oxygen atoms in total. The average molecular weight is 452 g/mol. The molecular formula is C19H18BrNO3S2. The first-order chi connectivity index (χ1) is 12.5. The molecule has 0 radical (unpaired) electrons. The maximum absolute atomic E-state index is 12.1. The molecule has 0 aliphatic carbocycles. The van der Waals surface area contributed by atoms with E-state index in [1.807, 2.05) is 54.7 Å². The third-order valence-electron chi connectivity index (χ3n) is 3.77. The summed E-state index contributed by atoms with van der Waals surface area (Å²) >= 11 is 7.23. The molecule has 1 saturated heterocycles. The minimum Gasteiger partial charge on any atom is -0.452 e. The van der Waals surface area contributed by atoms with Gasteiger partial charge < -0.3 is 10.1 Å². The lowest BCUT2D eigenvalue weighted by molar-refractivity contribution is -0.119. The van der Waals surface area contributed by atoms with Crippen molar-refractivity contribution in [2.24, 2.45) is 0 Å². The van der Waals surface area contributed by atoms with Crippen molar-refractivity contribution in [3.05, 3.63) is 63.6 Å². The van der Waals surface area contributed by atoms with Gasteiger partial charge >= 0.3 is 5.97 Å². The van der Waals surface area contributed by atoms with Crippen LogP contribution in [0.4, 0.5) is 5.69 Å². The molecule has 0 saturated carbocycles. The lowest BCUT2D eigenvalue weighted by atomic mass is 10.1. The second-order valence-electron chi connectivity index (χ2n) is 5.80. The summed E-state index contributed by atoms with van der Waals surface area (Å²) in [7, 11) is 0. The summed E-state index contributed by atoms with van der Waals surface area (Å²) in [6, 6.07) is 13.0. The molecule has 2 aromatic carbocycles. The van der Waals surface area contributed by atoms with Gasteiger partial charge in [0.2, 0.25) is 0 Å². The maximum Gasteiger partial charge on any atom is 0.338 e. The summed E-state index contributed by atoms with van der Waals surface area (Å²) in [5.74, 6) is 1.44. The maximum atomic E-state index is 12.1. The van der Waals surface area contributed by atoms with Crippen molar-refractivity contribution in [1.82, 2.24) is 0 Å². The van der Waals surface area contributed by atoms with Crippen LogP contribution < -0.4 is 5.32 Å². The standard InChI is InChI=1S/C19H18BrNO3S2/c1-12-2-7-16(15(20)10-12)21-17(22)11-24-18(23)13-3-5-14(6-4-13)19-25-8-9-26-19/h2-7,10,19H,8-9,11H2,1H3,(H,21,22). The molecule has 1 aliphatic rings. The summed E-state index contributed by atoms with van der Waals surface area (Å²) in [5.41, 5.74) is 3.38. The van der Waals surface area contributed by atoms with E-state index in [2.05, 4.69) is 21.2 Å². The van der Waals surface area contributed by atoms with Crippen LogP contribution in [0.2, 0.25) is 0 Å². The predicted octanol–water partition coefficient (Wildman–Crippen LogP) is 5.03. The average Bonchev–Trinajstić information content (AvgIpc) is 3.17. The summed E-state index contributed by atoms with van der Waals surface area (Å²) in [6.07, 6.45) is 0. The molecular weight excluding hydrogens is 434 g/mol. The molecule has 136 valence electrons. The Morgan fingerprint density at radius 3 is 2.50 bits per heavy atom. The van der Waals surface area contributed by atoms with Crippen LogP contribution >= 0.6 is 39.5 Å². The number of thioether (sulfide) groups is 2. The zero-order valence-electron chi connectivity index (χ0n) is 14.2. The minimum atomic E-state index is -0.499. The normalized spacial score (nSPS) is 14.2. The number of benzene rings is 2. The number of anilines is 1. The van der Waals surface area contributed by atoms with E-state index in [1.54, 1.807) is 18.2 Å². The lowest BCUT2D eigenvalue weighted by Crippen LogP contribution is -2.21. The Kier molecular flexibility index (Phi) is 6.67. The van der Waals surface area contributed by atoms with E-state index in [0.717, 1.165) is 21.5 Å². The van der Waals surface area contributed by atoms with Crippen LogP contribution in [0.3, 0.4) is 0 Å². The topological polar surface area (TPSA) is 55.4 Å². The van der Waals surface area contributed by atoms with E-state index in [1.165, 1.54) is 5.56 Å². The van der Waals surface area contributed by atoms with Gasteiger partial charge in [0.15, 0.2) is 6.61 Å². The number of amides is 1. The van der Waals surface area contributed by atoms with Gasteiger partial charge in [-0.1, -0.05) is 18.2 Å². The molecule has 1 amide bonds. The van der Waals surface area contributed by atoms with Crippen LogP contribution in [0.1, 0.15) is 26.1 Å². The number of nitrogens with one attached hydrogen (secondary N) is 1. The van der Waals surface area contributed by atoms with E-state index >= 15 is 0 Å². The van der Waals surface area contributed by atoms with Crippen LogP contribution in [-0.4, -0.2) is 30.0 Å². The first-order valence-corrected chi connectivity index (χ1v) is 11.0. The van der Waals surface area contributed by atoms with Crippen LogP contribution in [0.25, 0.3) is 0 Å². The molecule has 1 heterocycles. The third-order valence-corrected chi connectivity index (χ3v) is 7.53. The highest BCUT2D eigenvalue weighted by molar-refractivity contribution is 9.10. The van der Waals surface area contributed by atoms with Gasteiger partial charge in [0, 0.05) is 16.0 Å². The Bertz CT molecular complexity index is 805. The smallest absolute Gasteiger partial charge is 0.338 e. The Balaban J connectivity index is 1.52. The molecule has 7 heteroatoms. The van der Waals surface area contributed by atoms with Crippen molar-refractivity contribution < 1.29 is 14.3 Å². The Labute approximate surface area is 169 Å². The number of aryl methyl sites for hydroxylation is 1. The molecule has 0 atom stereocenters. The van der Waals surface area contributed by atoms with Gasteiger partial charge in [-0.05, 0) is 58.2 Å². The monoisotopic (exact) mass is 451 g/mol. The van der Waals surface area contributed by atoms with Crippen molar-refractivity contribution in [2.75, 3.05) is 23.4 Å². The molecule has 1 aliphatic heterocycles. The first kappa shape index (κ1) is 19.3. The molecule has 3 rings (SSSR count). The van der Waals surface area contributed by atoms with Gasteiger partial charge in [-0.15, -0.1) is 23.5 Å². The van der Waals surface area contributed by atoms with E-state index in [4.69, 9.17) is 4.74 Å². The van der Waals surface area contributed by atoms with Crippen molar-refractivity contribution in [3.8, 4) is 0 Å². The van der Waals surface area contributed by atoms with Crippen LogP contribution in [0, 0.1) is 6.92 Å². The van der Waals surface area contributed by atoms with E-state index in [9.17, 15) is 9.59 Å². The van der Waals surface area contributed by atoms with E-state index in [-0.39, 0.29) is 12.5 Å². The van der Waals surface area contributed by atoms with Gasteiger partial charge in [0.05, 0.1) is 15.8 Å². The Morgan fingerprint density at radius 2 is 1.85 bits per heavy atom. The third kappa shape index (κ3) is 5.05. The minimum absolute atomic E-state index is 0.324. The molecule has 1 fully saturated rings. The molecule has 1 N–H and O–H groups in total. The van der Waals surface area contributed by atoms with E-state index in [0.29, 0.717) is 15.8 Å². The van der Waals surface area contributed by atoms with Crippen molar-refractivity contribution in [3.63, 3.8) is 0 Å². The molecule has 0 spiro atoms. The predicted molar refractivity (Wildman–Crippen MR) is 112 cm³/mol. The quantitative estimate of drug-likeness (QED) is 0.645. The number of carbonyl (C=O) groups is 2. The number of carbonyl (C=O) groups excluding carboxylic acids is 2. The van der Waals surface area contributed by atoms with Gasteiger partial charge in [-0.3, -0.25) is 4.79 Å². The number of rotatable bonds is 5. The SMILES string of the molecule is Cc1ccc(NC(=O)COC(=O)c2ccc(C3SCCS3)cc2)c(Br)c1. The number of halogens is 1. The summed E-state index contributed by atoms with van der Waals surface area (Å²) in [6.45, 7) is 1.64. The first-order valence-electron chi connectivity index (χ1n) is 8.09. The highest BCUT2D eigenvalue weighted by atomic mass is 79.9. The second-order valence-corrected chi connectivity index (χ2v) is 9.38. The number of esters is 1. The number of hydrogen-bond donors (Lipinski definition) is 1. The van der Waals surface area contributed by atoms with Gasteiger partial charge in [-0.25, -0.2) is 4.79 Å². The molecule has 26 heavy (non-hydrogen) atoms. The molecule has 0 aromatic heterocycles. The highest BCUT2D eigenvalue weighted by Crippen LogP contribution is 2.45. The van der Waals surface area contributed by atoms with Crippen LogP contribution in [0.15, 0.2) is 46.9 Å². The fourth-order valence-electron chi connectivity index (χ4n) is 2.45. The van der Waals surface area contributed by atoms with Gasteiger partial charge in [0.1, 0.15) is 0 Å².